The molecule has 0 radical (unpaired) electrons. The molecule has 0 N–H and O–H groups in total. The van der Waals surface area contributed by atoms with Crippen LogP contribution in [0, 0.1) is 13.8 Å². The number of carbonyl (C=O) groups excluding carboxylic acids is 1. The zero-order valence-electron chi connectivity index (χ0n) is 19.7. The van der Waals surface area contributed by atoms with Crippen molar-refractivity contribution in [1.82, 2.24) is 14.2 Å². The van der Waals surface area contributed by atoms with Crippen LogP contribution in [0.2, 0.25) is 4.34 Å². The number of aryl methyl sites for hydroxylation is 2. The molecule has 1 amide bonds. The second-order valence-corrected chi connectivity index (χ2v) is 13.7. The SMILES string of the molecule is Cc1cc2nc(N(CCCN(C)C)C(=O)C3CCCN3S(=O)(=O)c3ccc(Cl)s3)sc2cc1C. The van der Waals surface area contributed by atoms with Gasteiger partial charge in [-0.2, -0.15) is 4.31 Å². The van der Waals surface area contributed by atoms with Gasteiger partial charge in [-0.15, -0.1) is 11.3 Å². The van der Waals surface area contributed by atoms with Gasteiger partial charge >= 0.3 is 0 Å². The summed E-state index contributed by atoms with van der Waals surface area (Å²) in [6.07, 6.45) is 1.88. The number of fused-ring (bicyclic) bond motifs is 1. The third-order valence-electron chi connectivity index (χ3n) is 6.08. The van der Waals surface area contributed by atoms with E-state index in [1.807, 2.05) is 27.1 Å². The second-order valence-electron chi connectivity index (χ2n) is 8.88. The molecule has 3 aromatic rings. The van der Waals surface area contributed by atoms with E-state index in [2.05, 4.69) is 17.9 Å². The van der Waals surface area contributed by atoms with Crippen molar-refractivity contribution in [2.24, 2.45) is 0 Å². The minimum atomic E-state index is -3.80. The first-order chi connectivity index (χ1) is 16.1. The van der Waals surface area contributed by atoms with Gasteiger partial charge in [-0.3, -0.25) is 9.69 Å². The minimum absolute atomic E-state index is 0.169. The number of anilines is 1. The molecule has 1 saturated heterocycles. The molecule has 34 heavy (non-hydrogen) atoms. The van der Waals surface area contributed by atoms with E-state index in [4.69, 9.17) is 16.6 Å². The van der Waals surface area contributed by atoms with Gasteiger partial charge in [0.05, 0.1) is 14.6 Å². The number of rotatable bonds is 8. The number of hydrogen-bond acceptors (Lipinski definition) is 7. The average Bonchev–Trinajstić information content (AvgIpc) is 3.50. The Labute approximate surface area is 214 Å². The highest BCUT2D eigenvalue weighted by atomic mass is 35.5. The Hall–Kier alpha value is -1.56. The molecule has 1 fully saturated rings. The van der Waals surface area contributed by atoms with Gasteiger partial charge in [0.2, 0.25) is 5.91 Å². The van der Waals surface area contributed by atoms with Crippen LogP contribution in [-0.4, -0.2) is 68.3 Å². The summed E-state index contributed by atoms with van der Waals surface area (Å²) >= 11 is 8.49. The molecule has 1 aromatic carbocycles. The number of sulfonamides is 1. The van der Waals surface area contributed by atoms with Crippen molar-refractivity contribution < 1.29 is 13.2 Å². The van der Waals surface area contributed by atoms with E-state index >= 15 is 0 Å². The van der Waals surface area contributed by atoms with Crippen LogP contribution in [0.3, 0.4) is 0 Å². The Morgan fingerprint density at radius 2 is 1.91 bits per heavy atom. The van der Waals surface area contributed by atoms with E-state index in [1.165, 1.54) is 27.3 Å². The monoisotopic (exact) mass is 540 g/mol. The molecule has 4 rings (SSSR count). The fourth-order valence-electron chi connectivity index (χ4n) is 4.13. The summed E-state index contributed by atoms with van der Waals surface area (Å²) in [6, 6.07) is 6.47. The summed E-state index contributed by atoms with van der Waals surface area (Å²) in [5.74, 6) is -0.213. The highest BCUT2D eigenvalue weighted by Gasteiger charge is 2.42. The lowest BCUT2D eigenvalue weighted by Gasteiger charge is -2.28. The molecular formula is C23H29ClN4O3S3. The maximum atomic E-state index is 13.9. The van der Waals surface area contributed by atoms with Crippen molar-refractivity contribution in [1.29, 1.82) is 0 Å². The summed E-state index contributed by atoms with van der Waals surface area (Å²) in [6.45, 7) is 5.72. The Morgan fingerprint density at radius 3 is 2.59 bits per heavy atom. The second kappa shape index (κ2) is 10.2. The van der Waals surface area contributed by atoms with Crippen LogP contribution in [0.1, 0.15) is 30.4 Å². The average molecular weight is 541 g/mol. The molecular weight excluding hydrogens is 512 g/mol. The van der Waals surface area contributed by atoms with E-state index in [9.17, 15) is 13.2 Å². The molecule has 0 spiro atoms. The standard InChI is InChI=1S/C23H29ClN4O3S3/c1-15-13-17-19(14-16(15)2)32-23(25-17)27(11-6-10-26(3)4)22(29)18-7-5-12-28(18)34(30,31)21-9-8-20(24)33-21/h8-9,13-14,18H,5-7,10-12H2,1-4H3. The molecule has 7 nitrogen and oxygen atoms in total. The van der Waals surface area contributed by atoms with E-state index in [0.717, 1.165) is 40.1 Å². The van der Waals surface area contributed by atoms with Gasteiger partial charge in [-0.25, -0.2) is 13.4 Å². The van der Waals surface area contributed by atoms with Gasteiger partial charge in [0.1, 0.15) is 10.3 Å². The van der Waals surface area contributed by atoms with E-state index < -0.39 is 16.1 Å². The van der Waals surface area contributed by atoms with Crippen LogP contribution in [0.5, 0.6) is 0 Å². The zero-order chi connectivity index (χ0) is 24.6. The molecule has 1 aliphatic rings. The lowest BCUT2D eigenvalue weighted by molar-refractivity contribution is -0.121. The summed E-state index contributed by atoms with van der Waals surface area (Å²) in [5.41, 5.74) is 3.19. The molecule has 2 aromatic heterocycles. The number of aromatic nitrogens is 1. The molecule has 0 aliphatic carbocycles. The molecule has 1 atom stereocenters. The third kappa shape index (κ3) is 5.17. The lowest BCUT2D eigenvalue weighted by atomic mass is 10.1. The first kappa shape index (κ1) is 25.5. The Morgan fingerprint density at radius 1 is 1.18 bits per heavy atom. The smallest absolute Gasteiger partial charge is 0.253 e. The first-order valence-corrected chi connectivity index (χ1v) is 14.6. The number of carbonyl (C=O) groups is 1. The number of nitrogens with zero attached hydrogens (tertiary/aromatic N) is 4. The fourth-order valence-corrected chi connectivity index (χ4v) is 8.47. The van der Waals surface area contributed by atoms with E-state index in [1.54, 1.807) is 11.0 Å². The number of benzene rings is 1. The highest BCUT2D eigenvalue weighted by molar-refractivity contribution is 7.91. The van der Waals surface area contributed by atoms with Crippen LogP contribution < -0.4 is 4.90 Å². The first-order valence-electron chi connectivity index (χ1n) is 11.2. The van der Waals surface area contributed by atoms with E-state index in [-0.39, 0.29) is 10.1 Å². The summed E-state index contributed by atoms with van der Waals surface area (Å²) in [5, 5.41) is 0.618. The number of thiophene rings is 1. The molecule has 0 saturated carbocycles. The van der Waals surface area contributed by atoms with Crippen LogP contribution >= 0.6 is 34.3 Å². The predicted molar refractivity (Wildman–Crippen MR) is 141 cm³/mol. The quantitative estimate of drug-likeness (QED) is 0.411. The van der Waals surface area contributed by atoms with Gasteiger partial charge < -0.3 is 4.90 Å². The van der Waals surface area contributed by atoms with Crippen LogP contribution in [0.4, 0.5) is 5.13 Å². The minimum Gasteiger partial charge on any atom is -0.309 e. The van der Waals surface area contributed by atoms with Gasteiger partial charge in [-0.1, -0.05) is 22.9 Å². The lowest BCUT2D eigenvalue weighted by Crippen LogP contribution is -2.48. The number of hydrogen-bond donors (Lipinski definition) is 0. The largest absolute Gasteiger partial charge is 0.309 e. The van der Waals surface area contributed by atoms with Crippen LogP contribution in [0.15, 0.2) is 28.5 Å². The highest BCUT2D eigenvalue weighted by Crippen LogP contribution is 2.35. The predicted octanol–water partition coefficient (Wildman–Crippen LogP) is 4.77. The number of halogens is 1. The number of amides is 1. The number of thiazole rings is 1. The summed E-state index contributed by atoms with van der Waals surface area (Å²) < 4.78 is 29.6. The van der Waals surface area contributed by atoms with Crippen LogP contribution in [0.25, 0.3) is 10.2 Å². The summed E-state index contributed by atoms with van der Waals surface area (Å²) in [7, 11) is 0.183. The fraction of sp³-hybridized carbons (Fsp3) is 0.478. The van der Waals surface area contributed by atoms with Gasteiger partial charge in [0, 0.05) is 13.1 Å². The topological polar surface area (TPSA) is 73.8 Å². The van der Waals surface area contributed by atoms with Crippen molar-refractivity contribution in [3.8, 4) is 0 Å². The summed E-state index contributed by atoms with van der Waals surface area (Å²) in [4.78, 5) is 22.4. The maximum Gasteiger partial charge on any atom is 0.253 e. The van der Waals surface area contributed by atoms with Crippen molar-refractivity contribution in [3.05, 3.63) is 39.7 Å². The normalized spacial score (nSPS) is 17.2. The van der Waals surface area contributed by atoms with Crippen molar-refractivity contribution in [2.45, 2.75) is 43.4 Å². The van der Waals surface area contributed by atoms with Gasteiger partial charge in [-0.05, 0) is 89.1 Å². The molecule has 184 valence electrons. The van der Waals surface area contributed by atoms with E-state index in [0.29, 0.717) is 35.4 Å². The van der Waals surface area contributed by atoms with Crippen LogP contribution in [-0.2, 0) is 14.8 Å². The zero-order valence-corrected chi connectivity index (χ0v) is 23.0. The van der Waals surface area contributed by atoms with Crippen molar-refractivity contribution in [3.63, 3.8) is 0 Å². The molecule has 0 bridgehead atoms. The Kier molecular flexibility index (Phi) is 7.66. The Bertz CT molecular complexity index is 1260. The molecule has 3 heterocycles. The third-order valence-corrected chi connectivity index (χ3v) is 10.7. The molecule has 1 aliphatic heterocycles. The van der Waals surface area contributed by atoms with Gasteiger partial charge in [0.25, 0.3) is 10.0 Å². The van der Waals surface area contributed by atoms with Crippen molar-refractivity contribution >= 4 is 65.6 Å². The van der Waals surface area contributed by atoms with Gasteiger partial charge in [0.15, 0.2) is 5.13 Å². The Balaban J connectivity index is 1.67. The van der Waals surface area contributed by atoms with Crippen molar-refractivity contribution in [2.75, 3.05) is 38.6 Å². The molecule has 1 unspecified atom stereocenters. The molecule has 11 heteroatoms. The maximum absolute atomic E-state index is 13.9.